The molecule has 0 spiro atoms. The molecule has 0 aliphatic carbocycles. The van der Waals surface area contributed by atoms with Gasteiger partial charge in [-0.2, -0.15) is 0 Å². The first kappa shape index (κ1) is 19.0. The van der Waals surface area contributed by atoms with Crippen molar-refractivity contribution in [2.24, 2.45) is 0 Å². The summed E-state index contributed by atoms with van der Waals surface area (Å²) in [6.07, 6.45) is 3.55. The van der Waals surface area contributed by atoms with Crippen LogP contribution >= 0.6 is 0 Å². The largest absolute Gasteiger partial charge is 0.478 e. The van der Waals surface area contributed by atoms with Gasteiger partial charge in [-0.15, -0.1) is 0 Å². The molecule has 0 bridgehead atoms. The molecule has 0 radical (unpaired) electrons. The van der Waals surface area contributed by atoms with Crippen LogP contribution in [0.15, 0.2) is 36.1 Å². The smallest absolute Gasteiger partial charge is 0.338 e. The van der Waals surface area contributed by atoms with Crippen molar-refractivity contribution in [3.05, 3.63) is 36.1 Å². The van der Waals surface area contributed by atoms with Crippen LogP contribution < -0.4 is 0 Å². The second kappa shape index (κ2) is 10.8. The van der Waals surface area contributed by atoms with E-state index in [9.17, 15) is 14.4 Å². The van der Waals surface area contributed by atoms with Crippen LogP contribution in [-0.4, -0.2) is 30.1 Å². The van der Waals surface area contributed by atoms with E-state index in [0.29, 0.717) is 5.57 Å². The first-order valence-corrected chi connectivity index (χ1v) is 5.24. The fourth-order valence-corrected chi connectivity index (χ4v) is 0.562. The van der Waals surface area contributed by atoms with Crippen LogP contribution in [0.2, 0.25) is 0 Å². The van der Waals surface area contributed by atoms with E-state index in [2.05, 4.69) is 11.3 Å². The molecule has 106 valence electrons. The predicted molar refractivity (Wildman–Crippen MR) is 69.1 cm³/mol. The number of hydrogen-bond donors (Lipinski definition) is 1. The quantitative estimate of drug-likeness (QED) is 0.476. The number of carbonyl (C=O) groups is 3. The second-order valence-electron chi connectivity index (χ2n) is 3.21. The number of aliphatic carboxylic acids is 1. The van der Waals surface area contributed by atoms with E-state index in [4.69, 9.17) is 9.84 Å². The number of ether oxygens (including phenoxy) is 2. The van der Waals surface area contributed by atoms with Crippen LogP contribution in [0.1, 0.15) is 20.8 Å². The van der Waals surface area contributed by atoms with Gasteiger partial charge in [-0.3, -0.25) is 0 Å². The molecule has 6 nitrogen and oxygen atoms in total. The Morgan fingerprint density at radius 3 is 1.89 bits per heavy atom. The summed E-state index contributed by atoms with van der Waals surface area (Å²) < 4.78 is 9.13. The van der Waals surface area contributed by atoms with Crippen molar-refractivity contribution in [3.8, 4) is 0 Å². The molecule has 0 heterocycles. The Kier molecular flexibility index (Phi) is 10.8. The first-order valence-electron chi connectivity index (χ1n) is 5.24. The van der Waals surface area contributed by atoms with E-state index >= 15 is 0 Å². The zero-order chi connectivity index (χ0) is 15.4. The van der Waals surface area contributed by atoms with E-state index in [1.165, 1.54) is 14.0 Å². The molecule has 0 fully saturated rings. The van der Waals surface area contributed by atoms with Crippen molar-refractivity contribution < 1.29 is 29.0 Å². The minimum Gasteiger partial charge on any atom is -0.478 e. The maximum absolute atomic E-state index is 11.1. The highest BCUT2D eigenvalue weighted by Gasteiger charge is 2.06. The number of carboxylic acid groups (broad SMARTS) is 1. The van der Waals surface area contributed by atoms with E-state index in [0.717, 1.165) is 12.3 Å². The third-order valence-corrected chi connectivity index (χ3v) is 1.78. The van der Waals surface area contributed by atoms with Crippen molar-refractivity contribution in [1.82, 2.24) is 0 Å². The Labute approximate surface area is 112 Å². The van der Waals surface area contributed by atoms with Gasteiger partial charge in [-0.1, -0.05) is 12.7 Å². The Morgan fingerprint density at radius 2 is 1.58 bits per heavy atom. The molecule has 1 N–H and O–H groups in total. The zero-order valence-corrected chi connectivity index (χ0v) is 11.4. The lowest BCUT2D eigenvalue weighted by Gasteiger charge is -2.00. The Hall–Kier alpha value is -2.37. The molecular weight excluding hydrogens is 252 g/mol. The van der Waals surface area contributed by atoms with Crippen molar-refractivity contribution in [2.45, 2.75) is 20.8 Å². The maximum atomic E-state index is 11.1. The summed E-state index contributed by atoms with van der Waals surface area (Å²) in [6, 6.07) is 0. The van der Waals surface area contributed by atoms with Crippen molar-refractivity contribution in [3.63, 3.8) is 0 Å². The van der Waals surface area contributed by atoms with Gasteiger partial charge in [-0.05, 0) is 20.8 Å². The number of esters is 2. The van der Waals surface area contributed by atoms with Gasteiger partial charge < -0.3 is 14.6 Å². The maximum Gasteiger partial charge on any atom is 0.338 e. The number of carboxylic acids is 1. The van der Waals surface area contributed by atoms with Crippen molar-refractivity contribution in [2.75, 3.05) is 7.11 Å². The number of methoxy groups -OCH3 is 1. The van der Waals surface area contributed by atoms with Gasteiger partial charge in [-0.25, -0.2) is 14.4 Å². The lowest BCUT2D eigenvalue weighted by molar-refractivity contribution is -0.136. The minimum absolute atomic E-state index is 0.241. The SMILES string of the molecule is C=CC(=O)O.CC=C(C)C(=O)OC=C(C)C(=O)OC. The third kappa shape index (κ3) is 10.5. The van der Waals surface area contributed by atoms with Crippen LogP contribution in [0.3, 0.4) is 0 Å². The standard InChI is InChI=1S/C10H14O4.C3H4O2/c1-5-7(2)10(12)14-6-8(3)9(11)13-4;1-2-3(4)5/h5-6H,1-4H3;2H,1H2,(H,4,5). The average molecular weight is 270 g/mol. The summed E-state index contributed by atoms with van der Waals surface area (Å²) in [7, 11) is 1.26. The number of hydrogen-bond acceptors (Lipinski definition) is 5. The fourth-order valence-electron chi connectivity index (χ4n) is 0.562. The molecule has 19 heavy (non-hydrogen) atoms. The Bertz CT molecular complexity index is 403. The van der Waals surface area contributed by atoms with E-state index in [1.54, 1.807) is 19.9 Å². The number of allylic oxidation sites excluding steroid dienone is 1. The lowest BCUT2D eigenvalue weighted by atomic mass is 10.3. The number of carbonyl (C=O) groups excluding carboxylic acids is 2. The normalized spacial score (nSPS) is 10.7. The van der Waals surface area contributed by atoms with Gasteiger partial charge in [0, 0.05) is 11.6 Å². The van der Waals surface area contributed by atoms with Crippen LogP contribution in [-0.2, 0) is 23.9 Å². The van der Waals surface area contributed by atoms with E-state index in [1.807, 2.05) is 0 Å². The lowest BCUT2D eigenvalue weighted by Crippen LogP contribution is -2.05. The van der Waals surface area contributed by atoms with E-state index < -0.39 is 17.9 Å². The van der Waals surface area contributed by atoms with Gasteiger partial charge in [0.2, 0.25) is 0 Å². The Morgan fingerprint density at radius 1 is 1.11 bits per heavy atom. The second-order valence-corrected chi connectivity index (χ2v) is 3.21. The molecule has 0 rings (SSSR count). The molecule has 6 heteroatoms. The zero-order valence-electron chi connectivity index (χ0n) is 11.4. The molecule has 0 aromatic heterocycles. The molecule has 0 saturated heterocycles. The highest BCUT2D eigenvalue weighted by atomic mass is 16.5. The van der Waals surface area contributed by atoms with Gasteiger partial charge in [0.25, 0.3) is 0 Å². The monoisotopic (exact) mass is 270 g/mol. The summed E-state index contributed by atoms with van der Waals surface area (Å²) in [5, 5.41) is 7.60. The van der Waals surface area contributed by atoms with E-state index in [-0.39, 0.29) is 5.57 Å². The molecule has 0 amide bonds. The molecule has 0 atom stereocenters. The van der Waals surface area contributed by atoms with Crippen molar-refractivity contribution >= 4 is 17.9 Å². The fraction of sp³-hybridized carbons (Fsp3) is 0.308. The molecule has 0 aromatic carbocycles. The van der Waals surface area contributed by atoms with Gasteiger partial charge in [0.1, 0.15) is 6.26 Å². The predicted octanol–water partition coefficient (Wildman–Crippen LogP) is 1.83. The average Bonchev–Trinajstić information content (AvgIpc) is 2.42. The topological polar surface area (TPSA) is 89.9 Å². The van der Waals surface area contributed by atoms with Crippen LogP contribution in [0.4, 0.5) is 0 Å². The van der Waals surface area contributed by atoms with Gasteiger partial charge in [0.05, 0.1) is 12.7 Å². The first-order chi connectivity index (χ1) is 8.79. The highest BCUT2D eigenvalue weighted by molar-refractivity contribution is 5.90. The van der Waals surface area contributed by atoms with Crippen molar-refractivity contribution in [1.29, 1.82) is 0 Å². The number of rotatable bonds is 4. The molecule has 0 aliphatic rings. The van der Waals surface area contributed by atoms with Crippen LogP contribution in [0, 0.1) is 0 Å². The summed E-state index contributed by atoms with van der Waals surface area (Å²) in [5.74, 6) is -1.98. The van der Waals surface area contributed by atoms with Gasteiger partial charge in [0.15, 0.2) is 0 Å². The van der Waals surface area contributed by atoms with Crippen LogP contribution in [0.5, 0.6) is 0 Å². The Balaban J connectivity index is 0. The third-order valence-electron chi connectivity index (χ3n) is 1.78. The molecule has 0 saturated carbocycles. The highest BCUT2D eigenvalue weighted by Crippen LogP contribution is 2.00. The summed E-state index contributed by atoms with van der Waals surface area (Å²) in [4.78, 5) is 31.2. The molecule has 0 aliphatic heterocycles. The molecular formula is C13H18O6. The van der Waals surface area contributed by atoms with Crippen LogP contribution in [0.25, 0.3) is 0 Å². The minimum atomic E-state index is -0.981. The van der Waals surface area contributed by atoms with Gasteiger partial charge >= 0.3 is 17.9 Å². The summed E-state index contributed by atoms with van der Waals surface area (Å²) >= 11 is 0. The summed E-state index contributed by atoms with van der Waals surface area (Å²) in [5.41, 5.74) is 0.726. The molecule has 0 aromatic rings. The summed E-state index contributed by atoms with van der Waals surface area (Å²) in [6.45, 7) is 7.82. The molecule has 0 unspecified atom stereocenters.